The maximum Gasteiger partial charge on any atom is 0.255 e. The van der Waals surface area contributed by atoms with Crippen molar-refractivity contribution in [2.75, 3.05) is 6.61 Å². The summed E-state index contributed by atoms with van der Waals surface area (Å²) in [6.07, 6.45) is 4.57. The number of aliphatic hydroxyl groups is 1. The number of nitrogens with zero attached hydrogens (tertiary/aromatic N) is 6. The third kappa shape index (κ3) is 4.81. The minimum atomic E-state index is -0.339. The lowest BCUT2D eigenvalue weighted by Crippen LogP contribution is -2.25. The first-order valence-corrected chi connectivity index (χ1v) is 11.4. The van der Waals surface area contributed by atoms with Gasteiger partial charge in [0, 0.05) is 13.7 Å². The molecule has 33 heavy (non-hydrogen) atoms. The van der Waals surface area contributed by atoms with E-state index >= 15 is 0 Å². The van der Waals surface area contributed by atoms with Crippen LogP contribution in [0, 0.1) is 0 Å². The monoisotopic (exact) mass is 487 g/mol. The average Bonchev–Trinajstić information content (AvgIpc) is 3.56. The van der Waals surface area contributed by atoms with Crippen molar-refractivity contribution in [1.82, 2.24) is 34.6 Å². The topological polar surface area (TPSA) is 120 Å². The summed E-state index contributed by atoms with van der Waals surface area (Å²) in [6, 6.07) is 3.84. The SMILES string of the molecule is CCOCc1c(C(=O)NCc2c(CO)ncn2C)cnn1-c1ncc(Cl)c(-c2cccs2)n1. The highest BCUT2D eigenvalue weighted by Gasteiger charge is 2.21. The van der Waals surface area contributed by atoms with E-state index in [0.29, 0.717) is 40.0 Å². The number of rotatable bonds is 9. The van der Waals surface area contributed by atoms with Gasteiger partial charge in [0.2, 0.25) is 0 Å². The van der Waals surface area contributed by atoms with Crippen LogP contribution in [0.3, 0.4) is 0 Å². The number of imidazole rings is 1. The number of carbonyl (C=O) groups excluding carboxylic acids is 1. The molecule has 1 amide bonds. The van der Waals surface area contributed by atoms with Crippen LogP contribution in [0.15, 0.2) is 36.2 Å². The van der Waals surface area contributed by atoms with E-state index in [1.165, 1.54) is 28.4 Å². The fourth-order valence-corrected chi connectivity index (χ4v) is 4.22. The Morgan fingerprint density at radius 1 is 1.30 bits per heavy atom. The van der Waals surface area contributed by atoms with Crippen molar-refractivity contribution in [3.63, 3.8) is 0 Å². The van der Waals surface area contributed by atoms with Crippen molar-refractivity contribution in [2.45, 2.75) is 26.7 Å². The molecule has 2 N–H and O–H groups in total. The zero-order valence-corrected chi connectivity index (χ0v) is 19.6. The van der Waals surface area contributed by atoms with Crippen molar-refractivity contribution in [3.05, 3.63) is 63.9 Å². The number of nitrogens with one attached hydrogen (secondary N) is 1. The Hall–Kier alpha value is -3.12. The number of halogens is 1. The zero-order valence-electron chi connectivity index (χ0n) is 18.0. The van der Waals surface area contributed by atoms with E-state index in [1.807, 2.05) is 24.4 Å². The molecule has 0 saturated heterocycles. The quantitative estimate of drug-likeness (QED) is 0.372. The van der Waals surface area contributed by atoms with Crippen molar-refractivity contribution < 1.29 is 14.6 Å². The third-order valence-corrected chi connectivity index (χ3v) is 6.10. The molecule has 172 valence electrons. The van der Waals surface area contributed by atoms with Crippen LogP contribution in [0.1, 0.15) is 34.4 Å². The van der Waals surface area contributed by atoms with Gasteiger partial charge in [0.25, 0.3) is 11.9 Å². The maximum atomic E-state index is 13.0. The van der Waals surface area contributed by atoms with Crippen LogP contribution in [-0.2, 0) is 31.5 Å². The number of amides is 1. The molecular formula is C21H22ClN7O3S. The highest BCUT2D eigenvalue weighted by Crippen LogP contribution is 2.29. The van der Waals surface area contributed by atoms with Crippen LogP contribution in [0.2, 0.25) is 5.02 Å². The van der Waals surface area contributed by atoms with Crippen LogP contribution in [0.5, 0.6) is 0 Å². The van der Waals surface area contributed by atoms with Gasteiger partial charge in [-0.1, -0.05) is 17.7 Å². The summed E-state index contributed by atoms with van der Waals surface area (Å²) < 4.78 is 8.84. The molecule has 0 saturated carbocycles. The van der Waals surface area contributed by atoms with Crippen LogP contribution in [0.25, 0.3) is 16.5 Å². The molecular weight excluding hydrogens is 466 g/mol. The van der Waals surface area contributed by atoms with Crippen LogP contribution in [0.4, 0.5) is 0 Å². The van der Waals surface area contributed by atoms with E-state index in [9.17, 15) is 9.90 Å². The normalized spacial score (nSPS) is 11.2. The molecule has 0 aliphatic rings. The number of thiophene rings is 1. The number of hydrogen-bond acceptors (Lipinski definition) is 8. The van der Waals surface area contributed by atoms with Crippen LogP contribution in [-0.4, -0.2) is 46.9 Å². The van der Waals surface area contributed by atoms with Crippen molar-refractivity contribution in [1.29, 1.82) is 0 Å². The molecule has 0 aromatic carbocycles. The predicted octanol–water partition coefficient (Wildman–Crippen LogP) is 2.74. The first-order chi connectivity index (χ1) is 16.0. The summed E-state index contributed by atoms with van der Waals surface area (Å²) in [5, 5.41) is 19.0. The number of carbonyl (C=O) groups is 1. The van der Waals surface area contributed by atoms with Crippen molar-refractivity contribution >= 4 is 28.8 Å². The fraction of sp³-hybridized carbons (Fsp3) is 0.286. The maximum absolute atomic E-state index is 13.0. The molecule has 0 atom stereocenters. The van der Waals surface area contributed by atoms with Crippen LogP contribution < -0.4 is 5.32 Å². The average molecular weight is 488 g/mol. The predicted molar refractivity (Wildman–Crippen MR) is 123 cm³/mol. The smallest absolute Gasteiger partial charge is 0.255 e. The van der Waals surface area contributed by atoms with Gasteiger partial charge in [0.1, 0.15) is 5.69 Å². The van der Waals surface area contributed by atoms with E-state index in [-0.39, 0.29) is 31.6 Å². The molecule has 0 spiro atoms. The van der Waals surface area contributed by atoms with E-state index in [4.69, 9.17) is 16.3 Å². The lowest BCUT2D eigenvalue weighted by Gasteiger charge is -2.11. The molecule has 0 radical (unpaired) electrons. The molecule has 12 heteroatoms. The van der Waals surface area contributed by atoms with Gasteiger partial charge >= 0.3 is 0 Å². The molecule has 4 aromatic heterocycles. The summed E-state index contributed by atoms with van der Waals surface area (Å²) in [4.78, 5) is 26.9. The Labute approximate surface area is 198 Å². The zero-order chi connectivity index (χ0) is 23.4. The largest absolute Gasteiger partial charge is 0.390 e. The lowest BCUT2D eigenvalue weighted by molar-refractivity contribution is 0.0938. The highest BCUT2D eigenvalue weighted by atomic mass is 35.5. The lowest BCUT2D eigenvalue weighted by atomic mass is 10.2. The number of aliphatic hydroxyl groups excluding tert-OH is 1. The molecule has 0 fully saturated rings. The molecule has 4 rings (SSSR count). The van der Waals surface area contributed by atoms with E-state index in [0.717, 1.165) is 4.88 Å². The molecule has 4 heterocycles. The molecule has 0 unspecified atom stereocenters. The first kappa shape index (κ1) is 23.1. The van der Waals surface area contributed by atoms with Gasteiger partial charge < -0.3 is 19.7 Å². The second-order valence-corrected chi connectivity index (χ2v) is 8.34. The second kappa shape index (κ2) is 10.2. The summed E-state index contributed by atoms with van der Waals surface area (Å²) in [6.45, 7) is 2.47. The summed E-state index contributed by atoms with van der Waals surface area (Å²) in [5.74, 6) is -0.0563. The Kier molecular flexibility index (Phi) is 7.14. The number of aromatic nitrogens is 6. The van der Waals surface area contributed by atoms with E-state index in [2.05, 4.69) is 25.4 Å². The molecule has 0 bridgehead atoms. The van der Waals surface area contributed by atoms with E-state index in [1.54, 1.807) is 17.9 Å². The summed E-state index contributed by atoms with van der Waals surface area (Å²) in [7, 11) is 1.80. The standard InChI is InChI=1S/C21H22ClN7O3S/c1-3-32-11-17-13(20(31)23-9-16-15(10-30)25-12-28(16)2)7-26-29(17)21-24-8-14(22)19(27-21)18-5-4-6-33-18/h4-8,12,30H,3,9-11H2,1-2H3,(H,23,31). The van der Waals surface area contributed by atoms with E-state index < -0.39 is 0 Å². The number of ether oxygens (including phenoxy) is 1. The highest BCUT2D eigenvalue weighted by molar-refractivity contribution is 7.13. The van der Waals surface area contributed by atoms with Gasteiger partial charge in [0.05, 0.1) is 71.0 Å². The van der Waals surface area contributed by atoms with Gasteiger partial charge in [-0.3, -0.25) is 4.79 Å². The number of hydrogen-bond donors (Lipinski definition) is 2. The molecule has 0 aliphatic heterocycles. The van der Waals surface area contributed by atoms with Gasteiger partial charge in [-0.25, -0.2) is 15.0 Å². The minimum absolute atomic E-state index is 0.146. The molecule has 4 aromatic rings. The van der Waals surface area contributed by atoms with Crippen molar-refractivity contribution in [3.8, 4) is 16.5 Å². The summed E-state index contributed by atoms with van der Waals surface area (Å²) in [5.41, 5.74) is 2.67. The number of aryl methyl sites for hydroxylation is 1. The van der Waals surface area contributed by atoms with Crippen LogP contribution >= 0.6 is 22.9 Å². The first-order valence-electron chi connectivity index (χ1n) is 10.1. The summed E-state index contributed by atoms with van der Waals surface area (Å²) >= 11 is 7.83. The minimum Gasteiger partial charge on any atom is -0.390 e. The van der Waals surface area contributed by atoms with Gasteiger partial charge in [0.15, 0.2) is 0 Å². The Morgan fingerprint density at radius 2 is 2.15 bits per heavy atom. The van der Waals surface area contributed by atoms with Crippen molar-refractivity contribution in [2.24, 2.45) is 7.05 Å². The Morgan fingerprint density at radius 3 is 2.88 bits per heavy atom. The third-order valence-electron chi connectivity index (χ3n) is 4.94. The Balaban J connectivity index is 1.65. The molecule has 0 aliphatic carbocycles. The van der Waals surface area contributed by atoms with Gasteiger partial charge in [-0.05, 0) is 18.4 Å². The molecule has 10 nitrogen and oxygen atoms in total. The Bertz CT molecular complexity index is 1250. The van der Waals surface area contributed by atoms with Gasteiger partial charge in [-0.15, -0.1) is 11.3 Å². The fourth-order valence-electron chi connectivity index (χ4n) is 3.24. The second-order valence-electron chi connectivity index (χ2n) is 6.99. The van der Waals surface area contributed by atoms with Gasteiger partial charge in [-0.2, -0.15) is 9.78 Å².